The van der Waals surface area contributed by atoms with Crippen LogP contribution >= 0.6 is 0 Å². The molecular weight excluding hydrogens is 218 g/mol. The number of carbonyl (C=O) groups is 1. The highest BCUT2D eigenvalue weighted by molar-refractivity contribution is 5.95. The van der Waals surface area contributed by atoms with E-state index < -0.39 is 0 Å². The van der Waals surface area contributed by atoms with E-state index in [0.29, 0.717) is 17.9 Å². The minimum Gasteiger partial charge on any atom is -0.397 e. The lowest BCUT2D eigenvalue weighted by atomic mass is 10.1. The Labute approximate surface area is 101 Å². The van der Waals surface area contributed by atoms with E-state index in [0.717, 1.165) is 5.69 Å². The molecule has 0 bridgehead atoms. The number of anilines is 2. The van der Waals surface area contributed by atoms with Gasteiger partial charge in [0.1, 0.15) is 0 Å². The molecule has 0 aliphatic carbocycles. The number of carbonyl (C=O) groups excluding carboxylic acids is 1. The van der Waals surface area contributed by atoms with Crippen molar-refractivity contribution in [2.75, 3.05) is 31.8 Å². The summed E-state index contributed by atoms with van der Waals surface area (Å²) in [6.45, 7) is 2.59. The molecule has 1 amide bonds. The van der Waals surface area contributed by atoms with Gasteiger partial charge in [0, 0.05) is 25.8 Å². The van der Waals surface area contributed by atoms with Crippen LogP contribution in [0.25, 0.3) is 0 Å². The summed E-state index contributed by atoms with van der Waals surface area (Å²) in [4.78, 5) is 11.4. The lowest BCUT2D eigenvalue weighted by Gasteiger charge is -2.16. The molecule has 1 unspecified atom stereocenters. The van der Waals surface area contributed by atoms with E-state index in [1.807, 2.05) is 6.92 Å². The lowest BCUT2D eigenvalue weighted by molar-refractivity contribution is 0.0963. The Kier molecular flexibility index (Phi) is 4.78. The van der Waals surface area contributed by atoms with Crippen molar-refractivity contribution >= 4 is 17.3 Å². The van der Waals surface area contributed by atoms with Crippen LogP contribution in [0.4, 0.5) is 11.4 Å². The van der Waals surface area contributed by atoms with Crippen molar-refractivity contribution in [3.63, 3.8) is 0 Å². The quantitative estimate of drug-likeness (QED) is 0.670. The van der Waals surface area contributed by atoms with Gasteiger partial charge >= 0.3 is 0 Å². The number of hydrogen-bond acceptors (Lipinski definition) is 4. The fourth-order valence-electron chi connectivity index (χ4n) is 1.54. The third kappa shape index (κ3) is 3.64. The van der Waals surface area contributed by atoms with Crippen molar-refractivity contribution in [1.29, 1.82) is 0 Å². The predicted molar refractivity (Wildman–Crippen MR) is 69.2 cm³/mol. The molecule has 17 heavy (non-hydrogen) atoms. The molecule has 0 saturated carbocycles. The third-order valence-electron chi connectivity index (χ3n) is 2.36. The molecule has 0 fully saturated rings. The van der Waals surface area contributed by atoms with Crippen molar-refractivity contribution in [1.82, 2.24) is 5.32 Å². The molecule has 0 aromatic heterocycles. The largest absolute Gasteiger partial charge is 0.397 e. The molecule has 1 aromatic rings. The number of rotatable bonds is 5. The van der Waals surface area contributed by atoms with Crippen LogP contribution in [0.2, 0.25) is 0 Å². The van der Waals surface area contributed by atoms with Gasteiger partial charge in [0.15, 0.2) is 0 Å². The van der Waals surface area contributed by atoms with Gasteiger partial charge in [-0.1, -0.05) is 0 Å². The molecule has 1 atom stereocenters. The van der Waals surface area contributed by atoms with Crippen LogP contribution in [0.1, 0.15) is 17.3 Å². The Bertz CT molecular complexity index is 393. The third-order valence-corrected chi connectivity index (χ3v) is 2.36. The number of hydrogen-bond donors (Lipinski definition) is 3. The number of nitrogen functional groups attached to an aromatic ring is 1. The number of amides is 1. The molecule has 0 spiro atoms. The van der Waals surface area contributed by atoms with Gasteiger partial charge < -0.3 is 21.1 Å². The highest BCUT2D eigenvalue weighted by Gasteiger charge is 2.08. The number of ether oxygens (including phenoxy) is 1. The number of nitrogens with two attached hydrogens (primary N) is 1. The fraction of sp³-hybridized carbons (Fsp3) is 0.417. The Morgan fingerprint density at radius 3 is 2.76 bits per heavy atom. The van der Waals surface area contributed by atoms with Gasteiger partial charge in [-0.05, 0) is 25.1 Å². The number of methoxy groups -OCH3 is 1. The number of nitrogens with one attached hydrogen (secondary N) is 2. The van der Waals surface area contributed by atoms with E-state index in [-0.39, 0.29) is 11.9 Å². The first-order valence-corrected chi connectivity index (χ1v) is 5.45. The van der Waals surface area contributed by atoms with Gasteiger partial charge in [0.05, 0.1) is 18.0 Å². The van der Waals surface area contributed by atoms with E-state index in [2.05, 4.69) is 10.6 Å². The summed E-state index contributed by atoms with van der Waals surface area (Å²) < 4.78 is 5.03. The first-order chi connectivity index (χ1) is 8.08. The average Bonchev–Trinajstić information content (AvgIpc) is 2.31. The van der Waals surface area contributed by atoms with Crippen molar-refractivity contribution < 1.29 is 9.53 Å². The second-order valence-corrected chi connectivity index (χ2v) is 3.88. The molecule has 1 rings (SSSR count). The van der Waals surface area contributed by atoms with Gasteiger partial charge in [-0.25, -0.2) is 0 Å². The highest BCUT2D eigenvalue weighted by Crippen LogP contribution is 2.20. The summed E-state index contributed by atoms with van der Waals surface area (Å²) >= 11 is 0. The molecule has 94 valence electrons. The zero-order chi connectivity index (χ0) is 12.8. The number of benzene rings is 1. The molecular formula is C12H19N3O2. The SMILES string of the molecule is CNC(=O)c1ccc(NC(C)COC)c(N)c1. The second-order valence-electron chi connectivity index (χ2n) is 3.88. The van der Waals surface area contributed by atoms with Crippen molar-refractivity contribution in [3.8, 4) is 0 Å². The summed E-state index contributed by atoms with van der Waals surface area (Å²) in [7, 11) is 3.24. The van der Waals surface area contributed by atoms with Crippen LogP contribution in [-0.2, 0) is 4.74 Å². The average molecular weight is 237 g/mol. The van der Waals surface area contributed by atoms with Crippen molar-refractivity contribution in [2.45, 2.75) is 13.0 Å². The molecule has 0 heterocycles. The minimum atomic E-state index is -0.145. The van der Waals surface area contributed by atoms with Crippen molar-refractivity contribution in [3.05, 3.63) is 23.8 Å². The molecule has 0 saturated heterocycles. The Morgan fingerprint density at radius 2 is 2.24 bits per heavy atom. The first-order valence-electron chi connectivity index (χ1n) is 5.45. The minimum absolute atomic E-state index is 0.145. The summed E-state index contributed by atoms with van der Waals surface area (Å²) in [5.74, 6) is -0.145. The van der Waals surface area contributed by atoms with E-state index in [9.17, 15) is 4.79 Å². The molecule has 5 heteroatoms. The zero-order valence-electron chi connectivity index (χ0n) is 10.4. The Morgan fingerprint density at radius 1 is 1.53 bits per heavy atom. The Balaban J connectivity index is 2.79. The first kappa shape index (κ1) is 13.3. The smallest absolute Gasteiger partial charge is 0.251 e. The van der Waals surface area contributed by atoms with E-state index in [1.165, 1.54) is 0 Å². The van der Waals surface area contributed by atoms with Crippen LogP contribution < -0.4 is 16.4 Å². The molecule has 5 nitrogen and oxygen atoms in total. The van der Waals surface area contributed by atoms with Crippen LogP contribution in [0, 0.1) is 0 Å². The lowest BCUT2D eigenvalue weighted by Crippen LogP contribution is -2.22. The molecule has 0 aliphatic heterocycles. The maximum Gasteiger partial charge on any atom is 0.251 e. The van der Waals surface area contributed by atoms with E-state index in [4.69, 9.17) is 10.5 Å². The molecule has 4 N–H and O–H groups in total. The summed E-state index contributed by atoms with van der Waals surface area (Å²) in [6, 6.07) is 5.34. The van der Waals surface area contributed by atoms with Gasteiger partial charge in [-0.3, -0.25) is 4.79 Å². The van der Waals surface area contributed by atoms with E-state index in [1.54, 1.807) is 32.4 Å². The molecule has 1 aromatic carbocycles. The maximum absolute atomic E-state index is 11.4. The van der Waals surface area contributed by atoms with Crippen LogP contribution in [-0.4, -0.2) is 32.7 Å². The summed E-state index contributed by atoms with van der Waals surface area (Å²) in [5, 5.41) is 5.77. The van der Waals surface area contributed by atoms with Gasteiger partial charge in [-0.15, -0.1) is 0 Å². The van der Waals surface area contributed by atoms with Crippen molar-refractivity contribution in [2.24, 2.45) is 0 Å². The summed E-state index contributed by atoms with van der Waals surface area (Å²) in [5.41, 5.74) is 7.78. The van der Waals surface area contributed by atoms with E-state index >= 15 is 0 Å². The van der Waals surface area contributed by atoms with Crippen LogP contribution in [0.3, 0.4) is 0 Å². The molecule has 0 radical (unpaired) electrons. The van der Waals surface area contributed by atoms with Gasteiger partial charge in [0.25, 0.3) is 5.91 Å². The fourth-order valence-corrected chi connectivity index (χ4v) is 1.54. The second kappa shape index (κ2) is 6.10. The zero-order valence-corrected chi connectivity index (χ0v) is 10.4. The molecule has 0 aliphatic rings. The predicted octanol–water partition coefficient (Wildman–Crippen LogP) is 1.08. The highest BCUT2D eigenvalue weighted by atomic mass is 16.5. The van der Waals surface area contributed by atoms with Crippen LogP contribution in [0.15, 0.2) is 18.2 Å². The normalized spacial score (nSPS) is 11.9. The van der Waals surface area contributed by atoms with Gasteiger partial charge in [0.2, 0.25) is 0 Å². The maximum atomic E-state index is 11.4. The topological polar surface area (TPSA) is 76.4 Å². The van der Waals surface area contributed by atoms with Crippen LogP contribution in [0.5, 0.6) is 0 Å². The Hall–Kier alpha value is -1.75. The van der Waals surface area contributed by atoms with Gasteiger partial charge in [-0.2, -0.15) is 0 Å². The standard InChI is InChI=1S/C12H19N3O2/c1-8(7-17-3)15-11-5-4-9(6-10(11)13)12(16)14-2/h4-6,8,15H,7,13H2,1-3H3,(H,14,16). The summed E-state index contributed by atoms with van der Waals surface area (Å²) in [6.07, 6.45) is 0. The monoisotopic (exact) mass is 237 g/mol.